The van der Waals surface area contributed by atoms with E-state index in [1.807, 2.05) is 0 Å². The van der Waals surface area contributed by atoms with Crippen molar-refractivity contribution in [3.05, 3.63) is 0 Å². The molecule has 2 atom stereocenters. The van der Waals surface area contributed by atoms with Crippen molar-refractivity contribution in [2.75, 3.05) is 26.8 Å². The first-order chi connectivity index (χ1) is 9.04. The van der Waals surface area contributed by atoms with Crippen LogP contribution in [-0.2, 0) is 4.74 Å². The minimum atomic E-state index is -0.0149. The van der Waals surface area contributed by atoms with Gasteiger partial charge in [-0.3, -0.25) is 0 Å². The fourth-order valence-corrected chi connectivity index (χ4v) is 3.07. The van der Waals surface area contributed by atoms with Crippen LogP contribution >= 0.6 is 0 Å². The highest BCUT2D eigenvalue weighted by atomic mass is 16.5. The van der Waals surface area contributed by atoms with Crippen molar-refractivity contribution < 1.29 is 9.84 Å². The molecule has 0 aromatic heterocycles. The van der Waals surface area contributed by atoms with E-state index >= 15 is 0 Å². The van der Waals surface area contributed by atoms with Gasteiger partial charge in [-0.05, 0) is 53.0 Å². The van der Waals surface area contributed by atoms with E-state index < -0.39 is 0 Å². The van der Waals surface area contributed by atoms with Gasteiger partial charge in [-0.15, -0.1) is 0 Å². The van der Waals surface area contributed by atoms with Gasteiger partial charge in [-0.2, -0.15) is 0 Å². The average Bonchev–Trinajstić information content (AvgIpc) is 3.06. The normalized spacial score (nSPS) is 31.6. The predicted molar refractivity (Wildman–Crippen MR) is 77.3 cm³/mol. The molecule has 112 valence electrons. The summed E-state index contributed by atoms with van der Waals surface area (Å²) in [5.41, 5.74) is -0.0149. The van der Waals surface area contributed by atoms with Gasteiger partial charge < -0.3 is 20.1 Å². The Morgan fingerprint density at radius 3 is 2.68 bits per heavy atom. The lowest BCUT2D eigenvalue weighted by atomic mass is 9.98. The van der Waals surface area contributed by atoms with E-state index in [1.165, 1.54) is 19.3 Å². The largest absolute Gasteiger partial charge is 0.394 e. The first-order valence-electron chi connectivity index (χ1n) is 7.75. The van der Waals surface area contributed by atoms with E-state index in [1.54, 1.807) is 0 Å². The summed E-state index contributed by atoms with van der Waals surface area (Å²) in [6, 6.07) is 1.25. The second-order valence-corrected chi connectivity index (χ2v) is 6.65. The molecule has 2 N–H and O–H groups in total. The van der Waals surface area contributed by atoms with Gasteiger partial charge in [0, 0.05) is 24.2 Å². The van der Waals surface area contributed by atoms with Crippen LogP contribution in [-0.4, -0.2) is 60.5 Å². The molecule has 2 rings (SSSR count). The quantitative estimate of drug-likeness (QED) is 0.699. The van der Waals surface area contributed by atoms with Crippen molar-refractivity contribution >= 4 is 0 Å². The lowest BCUT2D eigenvalue weighted by Crippen LogP contribution is -2.49. The van der Waals surface area contributed by atoms with Crippen molar-refractivity contribution in [3.8, 4) is 0 Å². The first-order valence-corrected chi connectivity index (χ1v) is 7.75. The number of hydrogen-bond acceptors (Lipinski definition) is 4. The smallest absolute Gasteiger partial charge is 0.0614 e. The van der Waals surface area contributed by atoms with E-state index in [-0.39, 0.29) is 12.1 Å². The lowest BCUT2D eigenvalue weighted by molar-refractivity contribution is 0.0546. The maximum absolute atomic E-state index is 9.74. The fraction of sp³-hybridized carbons (Fsp3) is 1.00. The molecule has 0 aromatic carbocycles. The van der Waals surface area contributed by atoms with Crippen LogP contribution in [0.25, 0.3) is 0 Å². The highest BCUT2D eigenvalue weighted by molar-refractivity contribution is 5.02. The Labute approximate surface area is 117 Å². The minimum absolute atomic E-state index is 0.0149. The number of rotatable bonds is 8. The second kappa shape index (κ2) is 6.53. The molecule has 4 nitrogen and oxygen atoms in total. The number of nitrogens with zero attached hydrogens (tertiary/aromatic N) is 1. The molecule has 2 aliphatic rings. The summed E-state index contributed by atoms with van der Waals surface area (Å²) in [7, 11) is 2.18. The van der Waals surface area contributed by atoms with E-state index in [4.69, 9.17) is 4.74 Å². The van der Waals surface area contributed by atoms with Crippen molar-refractivity contribution in [2.24, 2.45) is 0 Å². The standard InChI is InChI=1S/C15H30N2O2/c1-12(2)19-9-8-17(3)14-6-7-15(10-14,11-18)16-13-4-5-13/h12-14,16,18H,4-11H2,1-3H3. The molecule has 2 aliphatic carbocycles. The Bertz CT molecular complexity index is 281. The monoisotopic (exact) mass is 270 g/mol. The van der Waals surface area contributed by atoms with Crippen LogP contribution in [0.2, 0.25) is 0 Å². The third kappa shape index (κ3) is 4.42. The summed E-state index contributed by atoms with van der Waals surface area (Å²) in [6.45, 7) is 6.20. The van der Waals surface area contributed by atoms with Crippen LogP contribution in [0.15, 0.2) is 0 Å². The fourth-order valence-electron chi connectivity index (χ4n) is 3.07. The predicted octanol–water partition coefficient (Wildman–Crippen LogP) is 1.38. The molecule has 0 radical (unpaired) electrons. The summed E-state index contributed by atoms with van der Waals surface area (Å²) in [5, 5.41) is 13.4. The molecule has 0 aliphatic heterocycles. The van der Waals surface area contributed by atoms with Crippen LogP contribution in [0.3, 0.4) is 0 Å². The summed E-state index contributed by atoms with van der Waals surface area (Å²) in [6.07, 6.45) is 6.22. The third-order valence-corrected chi connectivity index (χ3v) is 4.49. The van der Waals surface area contributed by atoms with Gasteiger partial charge in [0.05, 0.1) is 19.3 Å². The van der Waals surface area contributed by atoms with Crippen molar-refractivity contribution in [1.29, 1.82) is 0 Å². The molecular formula is C15H30N2O2. The van der Waals surface area contributed by atoms with Crippen LogP contribution < -0.4 is 5.32 Å². The topological polar surface area (TPSA) is 44.7 Å². The first kappa shape index (κ1) is 15.2. The van der Waals surface area contributed by atoms with E-state index in [0.717, 1.165) is 26.0 Å². The highest BCUT2D eigenvalue weighted by Gasteiger charge is 2.42. The van der Waals surface area contributed by atoms with E-state index in [0.29, 0.717) is 18.2 Å². The molecule has 0 amide bonds. The van der Waals surface area contributed by atoms with E-state index in [2.05, 4.69) is 31.1 Å². The zero-order valence-corrected chi connectivity index (χ0v) is 12.7. The van der Waals surface area contributed by atoms with Gasteiger partial charge in [0.15, 0.2) is 0 Å². The van der Waals surface area contributed by atoms with Crippen molar-refractivity contribution in [3.63, 3.8) is 0 Å². The van der Waals surface area contributed by atoms with Gasteiger partial charge >= 0.3 is 0 Å². The second-order valence-electron chi connectivity index (χ2n) is 6.65. The zero-order chi connectivity index (χ0) is 13.9. The number of hydrogen-bond donors (Lipinski definition) is 2. The van der Waals surface area contributed by atoms with Crippen LogP contribution in [0.4, 0.5) is 0 Å². The maximum Gasteiger partial charge on any atom is 0.0614 e. The molecule has 0 heterocycles. The zero-order valence-electron chi connectivity index (χ0n) is 12.7. The summed E-state index contributed by atoms with van der Waals surface area (Å²) in [4.78, 5) is 2.40. The molecule has 19 heavy (non-hydrogen) atoms. The molecule has 0 saturated heterocycles. The molecule has 2 saturated carbocycles. The number of likely N-dealkylation sites (N-methyl/N-ethyl adjacent to an activating group) is 1. The molecule has 4 heteroatoms. The number of ether oxygens (including phenoxy) is 1. The summed E-state index contributed by atoms with van der Waals surface area (Å²) < 4.78 is 5.62. The maximum atomic E-state index is 9.74. The van der Waals surface area contributed by atoms with E-state index in [9.17, 15) is 5.11 Å². The molecule has 2 unspecified atom stereocenters. The van der Waals surface area contributed by atoms with Crippen LogP contribution in [0, 0.1) is 0 Å². The molecule has 2 fully saturated rings. The SMILES string of the molecule is CC(C)OCCN(C)C1CCC(CO)(NC2CC2)C1. The summed E-state index contributed by atoms with van der Waals surface area (Å²) >= 11 is 0. The van der Waals surface area contributed by atoms with Crippen LogP contribution in [0.5, 0.6) is 0 Å². The Balaban J connectivity index is 1.75. The van der Waals surface area contributed by atoms with Gasteiger partial charge in [0.1, 0.15) is 0 Å². The number of aliphatic hydroxyl groups is 1. The van der Waals surface area contributed by atoms with Gasteiger partial charge in [0.2, 0.25) is 0 Å². The Kier molecular flexibility index (Phi) is 5.23. The van der Waals surface area contributed by atoms with Gasteiger partial charge in [-0.25, -0.2) is 0 Å². The molecule has 0 spiro atoms. The Morgan fingerprint density at radius 1 is 1.37 bits per heavy atom. The lowest BCUT2D eigenvalue weighted by Gasteiger charge is -2.31. The van der Waals surface area contributed by atoms with Crippen LogP contribution in [0.1, 0.15) is 46.0 Å². The third-order valence-electron chi connectivity index (χ3n) is 4.49. The van der Waals surface area contributed by atoms with Crippen molar-refractivity contribution in [2.45, 2.75) is 69.7 Å². The van der Waals surface area contributed by atoms with Gasteiger partial charge in [-0.1, -0.05) is 0 Å². The highest BCUT2D eigenvalue weighted by Crippen LogP contribution is 2.35. The molecular weight excluding hydrogens is 240 g/mol. The molecule has 0 bridgehead atoms. The molecule has 0 aromatic rings. The average molecular weight is 270 g/mol. The van der Waals surface area contributed by atoms with Crippen molar-refractivity contribution in [1.82, 2.24) is 10.2 Å². The number of nitrogens with one attached hydrogen (secondary N) is 1. The van der Waals surface area contributed by atoms with Gasteiger partial charge in [0.25, 0.3) is 0 Å². The number of aliphatic hydroxyl groups excluding tert-OH is 1. The Hall–Kier alpha value is -0.160. The summed E-state index contributed by atoms with van der Waals surface area (Å²) in [5.74, 6) is 0. The Morgan fingerprint density at radius 2 is 2.11 bits per heavy atom. The minimum Gasteiger partial charge on any atom is -0.394 e.